The van der Waals surface area contributed by atoms with Gasteiger partial charge in [0.1, 0.15) is 0 Å². The van der Waals surface area contributed by atoms with Crippen molar-refractivity contribution in [2.75, 3.05) is 44.6 Å². The molecule has 228 valence electrons. The number of hydrogen-bond acceptors (Lipinski definition) is 6. The number of alkyl halides is 3. The molecular weight excluding hydrogens is 589 g/mol. The monoisotopic (exact) mass is 618 g/mol. The molecule has 1 aromatic carbocycles. The second kappa shape index (κ2) is 11.3. The lowest BCUT2D eigenvalue weighted by Crippen LogP contribution is -2.52. The number of halogens is 4. The molecule has 3 aliphatic rings. The molecule has 11 nitrogen and oxygen atoms in total. The van der Waals surface area contributed by atoms with E-state index in [0.717, 1.165) is 25.8 Å². The molecule has 15 heteroatoms. The third-order valence-electron chi connectivity index (χ3n) is 8.13. The van der Waals surface area contributed by atoms with Crippen molar-refractivity contribution in [3.8, 4) is 11.3 Å². The Morgan fingerprint density at radius 2 is 1.79 bits per heavy atom. The number of carbonyl (C=O) groups excluding carboxylic acids is 3. The maximum absolute atomic E-state index is 13.7. The largest absolute Gasteiger partial charge is 0.435 e. The minimum atomic E-state index is -4.67. The molecule has 2 aliphatic heterocycles. The molecule has 0 bridgehead atoms. The second-order valence-corrected chi connectivity index (χ2v) is 11.5. The molecule has 1 atom stereocenters. The Morgan fingerprint density at radius 3 is 2.42 bits per heavy atom. The fraction of sp³-hybridized carbons (Fsp3) is 0.464. The van der Waals surface area contributed by atoms with Crippen molar-refractivity contribution in [2.24, 2.45) is 13.0 Å². The molecule has 1 saturated carbocycles. The molecule has 3 fully saturated rings. The summed E-state index contributed by atoms with van der Waals surface area (Å²) in [5, 5.41) is 9.73. The number of anilines is 1. The van der Waals surface area contributed by atoms with Gasteiger partial charge in [0.05, 0.1) is 40.0 Å². The molecule has 2 aromatic heterocycles. The zero-order valence-corrected chi connectivity index (χ0v) is 24.1. The van der Waals surface area contributed by atoms with Gasteiger partial charge in [0.25, 0.3) is 11.8 Å². The van der Waals surface area contributed by atoms with Gasteiger partial charge in [-0.1, -0.05) is 11.6 Å². The van der Waals surface area contributed by atoms with Crippen LogP contribution in [0.4, 0.5) is 18.9 Å². The number of nitrogens with one attached hydrogen (secondary N) is 2. The third-order valence-corrected chi connectivity index (χ3v) is 8.45. The van der Waals surface area contributed by atoms with Gasteiger partial charge in [-0.05, 0) is 44.0 Å². The summed E-state index contributed by atoms with van der Waals surface area (Å²) in [5.41, 5.74) is -0.536. The van der Waals surface area contributed by atoms with E-state index in [2.05, 4.69) is 20.7 Å². The van der Waals surface area contributed by atoms with Crippen molar-refractivity contribution >= 4 is 35.0 Å². The van der Waals surface area contributed by atoms with Crippen LogP contribution in [0.3, 0.4) is 0 Å². The normalized spacial score (nSPS) is 19.1. The van der Waals surface area contributed by atoms with Crippen molar-refractivity contribution in [1.29, 1.82) is 0 Å². The highest BCUT2D eigenvalue weighted by Crippen LogP contribution is 2.41. The van der Waals surface area contributed by atoms with Crippen LogP contribution < -0.4 is 10.6 Å². The fourth-order valence-electron chi connectivity index (χ4n) is 5.56. The molecule has 0 radical (unpaired) electrons. The van der Waals surface area contributed by atoms with E-state index in [-0.39, 0.29) is 57.1 Å². The summed E-state index contributed by atoms with van der Waals surface area (Å²) >= 11 is 6.44. The summed E-state index contributed by atoms with van der Waals surface area (Å²) in [7, 11) is 1.46. The Bertz CT molecular complexity index is 1570. The van der Waals surface area contributed by atoms with E-state index in [4.69, 9.17) is 11.6 Å². The molecule has 43 heavy (non-hydrogen) atoms. The second-order valence-electron chi connectivity index (χ2n) is 11.1. The van der Waals surface area contributed by atoms with Crippen LogP contribution in [-0.2, 0) is 18.0 Å². The predicted octanol–water partition coefficient (Wildman–Crippen LogP) is 3.44. The first kappa shape index (κ1) is 29.2. The van der Waals surface area contributed by atoms with Gasteiger partial charge in [-0.2, -0.15) is 18.3 Å². The standard InChI is InChI=1S/C28H30ClF3N8O3/c1-37-22(20-15-40(18-3-4-18)36-23(20)28(30,31)32)14-34-24(37)25(41)35-17-2-5-19(21(29)12-17)27(43)39-10-8-38(9-11-39)26(42)16-6-7-33-13-16/h2,5,12,14-16,18,33H,3-4,6-11,13H2,1H3,(H,35,41)/t16-/m1/s1. The van der Waals surface area contributed by atoms with Gasteiger partial charge in [0, 0.05) is 51.7 Å². The van der Waals surface area contributed by atoms with E-state index in [1.54, 1.807) is 9.80 Å². The number of imidazole rings is 1. The number of piperazine rings is 1. The minimum absolute atomic E-state index is 0.0134. The molecule has 3 aromatic rings. The molecular formula is C28H30ClF3N8O3. The van der Waals surface area contributed by atoms with Crippen LogP contribution in [0.2, 0.25) is 5.02 Å². The van der Waals surface area contributed by atoms with Crippen LogP contribution in [0.15, 0.2) is 30.6 Å². The van der Waals surface area contributed by atoms with E-state index in [0.29, 0.717) is 32.7 Å². The van der Waals surface area contributed by atoms with Crippen molar-refractivity contribution in [2.45, 2.75) is 31.5 Å². The maximum atomic E-state index is 13.7. The average Bonchev–Trinajstić information content (AvgIpc) is 3.33. The number of rotatable bonds is 6. The number of amides is 3. The highest BCUT2D eigenvalue weighted by molar-refractivity contribution is 6.34. The Balaban J connectivity index is 1.12. The van der Waals surface area contributed by atoms with Crippen LogP contribution >= 0.6 is 11.6 Å². The summed E-state index contributed by atoms with van der Waals surface area (Å²) in [6, 6.07) is 4.41. The lowest BCUT2D eigenvalue weighted by atomic mass is 10.1. The van der Waals surface area contributed by atoms with Gasteiger partial charge in [0.15, 0.2) is 11.5 Å². The van der Waals surface area contributed by atoms with Crippen molar-refractivity contribution in [1.82, 2.24) is 34.4 Å². The zero-order chi connectivity index (χ0) is 30.5. The molecule has 0 unspecified atom stereocenters. The summed E-state index contributed by atoms with van der Waals surface area (Å²) in [6.45, 7) is 3.19. The van der Waals surface area contributed by atoms with E-state index in [1.807, 2.05) is 0 Å². The van der Waals surface area contributed by atoms with E-state index >= 15 is 0 Å². The Kier molecular flexibility index (Phi) is 7.67. The van der Waals surface area contributed by atoms with Gasteiger partial charge in [-0.3, -0.25) is 19.1 Å². The van der Waals surface area contributed by atoms with Crippen molar-refractivity contribution in [3.63, 3.8) is 0 Å². The lowest BCUT2D eigenvalue weighted by molar-refractivity contribution is -0.141. The number of hydrogen-bond donors (Lipinski definition) is 2. The molecule has 0 spiro atoms. The quantitative estimate of drug-likeness (QED) is 0.437. The lowest BCUT2D eigenvalue weighted by Gasteiger charge is -2.36. The van der Waals surface area contributed by atoms with Crippen LogP contribution in [0, 0.1) is 5.92 Å². The predicted molar refractivity (Wildman–Crippen MR) is 151 cm³/mol. The number of benzene rings is 1. The molecule has 6 rings (SSSR count). The molecule has 1 aliphatic carbocycles. The van der Waals surface area contributed by atoms with Gasteiger partial charge >= 0.3 is 6.18 Å². The van der Waals surface area contributed by atoms with Gasteiger partial charge < -0.3 is 25.0 Å². The first-order chi connectivity index (χ1) is 20.5. The zero-order valence-electron chi connectivity index (χ0n) is 23.3. The summed E-state index contributed by atoms with van der Waals surface area (Å²) in [6.07, 6.45) is 0.241. The molecule has 2 saturated heterocycles. The Labute approximate surface area is 250 Å². The maximum Gasteiger partial charge on any atom is 0.435 e. The third kappa shape index (κ3) is 5.85. The Hall–Kier alpha value is -3.91. The van der Waals surface area contributed by atoms with Gasteiger partial charge in [-0.25, -0.2) is 4.98 Å². The van der Waals surface area contributed by atoms with Gasteiger partial charge in [0.2, 0.25) is 5.91 Å². The van der Waals surface area contributed by atoms with Crippen molar-refractivity contribution in [3.05, 3.63) is 52.7 Å². The smallest absolute Gasteiger partial charge is 0.339 e. The van der Waals surface area contributed by atoms with Crippen LogP contribution in [0.5, 0.6) is 0 Å². The first-order valence-electron chi connectivity index (χ1n) is 14.1. The molecule has 4 heterocycles. The number of aromatic nitrogens is 4. The fourth-order valence-corrected chi connectivity index (χ4v) is 5.82. The topological polar surface area (TPSA) is 117 Å². The Morgan fingerprint density at radius 1 is 1.07 bits per heavy atom. The minimum Gasteiger partial charge on any atom is -0.339 e. The molecule has 2 N–H and O–H groups in total. The van der Waals surface area contributed by atoms with Gasteiger partial charge in [-0.15, -0.1) is 0 Å². The summed E-state index contributed by atoms with van der Waals surface area (Å²) in [4.78, 5) is 46.4. The van der Waals surface area contributed by atoms with E-state index < -0.39 is 17.8 Å². The van der Waals surface area contributed by atoms with E-state index in [9.17, 15) is 27.6 Å². The molecule has 3 amide bonds. The van der Waals surface area contributed by atoms with Crippen LogP contribution in [0.25, 0.3) is 11.3 Å². The number of carbonyl (C=O) groups is 3. The van der Waals surface area contributed by atoms with E-state index in [1.165, 1.54) is 46.9 Å². The summed E-state index contributed by atoms with van der Waals surface area (Å²) < 4.78 is 43.8. The van der Waals surface area contributed by atoms with Crippen molar-refractivity contribution < 1.29 is 27.6 Å². The average molecular weight is 619 g/mol. The van der Waals surface area contributed by atoms with Crippen LogP contribution in [0.1, 0.15) is 52.0 Å². The highest BCUT2D eigenvalue weighted by atomic mass is 35.5. The first-order valence-corrected chi connectivity index (χ1v) is 14.5. The summed E-state index contributed by atoms with van der Waals surface area (Å²) in [5.74, 6) is -0.951. The SMILES string of the molecule is Cn1c(-c2cn(C3CC3)nc2C(F)(F)F)cnc1C(=O)Nc1ccc(C(=O)N2CCN(C(=O)[C@@H]3CCNC3)CC2)c(Cl)c1. The highest BCUT2D eigenvalue weighted by Gasteiger charge is 2.40. The number of nitrogens with zero attached hydrogens (tertiary/aromatic N) is 6. The van der Waals surface area contributed by atoms with Crippen LogP contribution in [-0.4, -0.2) is 86.1 Å².